The number of nitrogens with zero attached hydrogens (tertiary/aromatic N) is 5. The maximum atomic E-state index is 4.29. The largest absolute Gasteiger partial charge is 0.272 e. The Kier molecular flexibility index (Phi) is 2.34. The average Bonchev–Trinajstić information content (AvgIpc) is 3.13. The highest BCUT2D eigenvalue weighted by atomic mass is 32.1. The van der Waals surface area contributed by atoms with E-state index in [0.717, 1.165) is 23.8 Å². The zero-order valence-electron chi connectivity index (χ0n) is 10.1. The van der Waals surface area contributed by atoms with Gasteiger partial charge in [0.15, 0.2) is 0 Å². The Labute approximate surface area is 113 Å². The first-order chi connectivity index (χ1) is 9.42. The number of hydrogen-bond acceptors (Lipinski definition) is 4. The molecule has 1 aromatic carbocycles. The molecule has 3 aromatic heterocycles. The number of aryl methyl sites for hydroxylation is 2. The lowest BCUT2D eigenvalue weighted by atomic mass is 10.3. The number of fused-ring (bicyclic) bond motifs is 3. The topological polar surface area (TPSA) is 48.0 Å². The van der Waals surface area contributed by atoms with Crippen LogP contribution >= 0.6 is 11.3 Å². The van der Waals surface area contributed by atoms with E-state index in [1.807, 2.05) is 23.0 Å². The Hall–Kier alpha value is -2.21. The van der Waals surface area contributed by atoms with Crippen LogP contribution in [0.2, 0.25) is 0 Å². The molecule has 0 saturated carbocycles. The molecule has 0 aliphatic heterocycles. The Morgan fingerprint density at radius 1 is 1.11 bits per heavy atom. The number of aromatic nitrogens is 5. The standard InChI is InChI=1S/C13H11N5S/c1-2-5-11-10(4-1)18-12(15-16-13(18)19-11)6-9-17-8-3-7-14-17/h1-5,7-8H,6,9H2. The van der Waals surface area contributed by atoms with Gasteiger partial charge in [0, 0.05) is 25.4 Å². The van der Waals surface area contributed by atoms with E-state index in [4.69, 9.17) is 0 Å². The normalized spacial score (nSPS) is 11.6. The minimum atomic E-state index is 0.817. The summed E-state index contributed by atoms with van der Waals surface area (Å²) in [7, 11) is 0. The number of para-hydroxylation sites is 1. The van der Waals surface area contributed by atoms with Gasteiger partial charge < -0.3 is 0 Å². The molecule has 0 N–H and O–H groups in total. The molecule has 94 valence electrons. The zero-order chi connectivity index (χ0) is 12.7. The van der Waals surface area contributed by atoms with Crippen molar-refractivity contribution in [3.63, 3.8) is 0 Å². The smallest absolute Gasteiger partial charge is 0.217 e. The zero-order valence-corrected chi connectivity index (χ0v) is 10.9. The van der Waals surface area contributed by atoms with Crippen molar-refractivity contribution < 1.29 is 0 Å². The first-order valence-corrected chi connectivity index (χ1v) is 6.92. The molecule has 0 aliphatic rings. The van der Waals surface area contributed by atoms with Crippen molar-refractivity contribution in [2.24, 2.45) is 0 Å². The maximum absolute atomic E-state index is 4.29. The summed E-state index contributed by atoms with van der Waals surface area (Å²) in [5.41, 5.74) is 1.18. The van der Waals surface area contributed by atoms with Gasteiger partial charge in [-0.25, -0.2) is 0 Å². The van der Waals surface area contributed by atoms with E-state index in [1.165, 1.54) is 10.2 Å². The average molecular weight is 269 g/mol. The summed E-state index contributed by atoms with van der Waals surface area (Å²) in [6.45, 7) is 0.817. The molecule has 4 rings (SSSR count). The third-order valence-electron chi connectivity index (χ3n) is 3.13. The quantitative estimate of drug-likeness (QED) is 0.573. The second-order valence-electron chi connectivity index (χ2n) is 4.32. The van der Waals surface area contributed by atoms with Gasteiger partial charge in [0.05, 0.1) is 10.2 Å². The Balaban J connectivity index is 1.77. The molecule has 19 heavy (non-hydrogen) atoms. The summed E-state index contributed by atoms with van der Waals surface area (Å²) >= 11 is 1.67. The molecule has 6 heteroatoms. The molecule has 0 spiro atoms. The Morgan fingerprint density at radius 2 is 2.05 bits per heavy atom. The maximum Gasteiger partial charge on any atom is 0.217 e. The fourth-order valence-corrected chi connectivity index (χ4v) is 3.23. The van der Waals surface area contributed by atoms with Crippen LogP contribution in [-0.4, -0.2) is 24.4 Å². The van der Waals surface area contributed by atoms with Crippen LogP contribution in [0.5, 0.6) is 0 Å². The van der Waals surface area contributed by atoms with E-state index in [9.17, 15) is 0 Å². The molecule has 3 heterocycles. The van der Waals surface area contributed by atoms with Crippen molar-refractivity contribution in [3.05, 3.63) is 48.5 Å². The summed E-state index contributed by atoms with van der Waals surface area (Å²) < 4.78 is 5.30. The lowest BCUT2D eigenvalue weighted by molar-refractivity contribution is 0.599. The fraction of sp³-hybridized carbons (Fsp3) is 0.154. The van der Waals surface area contributed by atoms with E-state index in [1.54, 1.807) is 17.5 Å². The number of thiazole rings is 1. The minimum Gasteiger partial charge on any atom is -0.272 e. The number of rotatable bonds is 3. The van der Waals surface area contributed by atoms with Crippen molar-refractivity contribution in [3.8, 4) is 0 Å². The van der Waals surface area contributed by atoms with Crippen molar-refractivity contribution in [2.45, 2.75) is 13.0 Å². The van der Waals surface area contributed by atoms with E-state index in [2.05, 4.69) is 37.9 Å². The van der Waals surface area contributed by atoms with Crippen molar-refractivity contribution in [1.29, 1.82) is 0 Å². The first kappa shape index (κ1) is 10.7. The third kappa shape index (κ3) is 1.72. The molecule has 0 amide bonds. The van der Waals surface area contributed by atoms with Crippen molar-refractivity contribution in [2.75, 3.05) is 0 Å². The van der Waals surface area contributed by atoms with Gasteiger partial charge in [0.2, 0.25) is 4.96 Å². The predicted molar refractivity (Wildman–Crippen MR) is 74.3 cm³/mol. The Bertz CT molecular complexity index is 827. The van der Waals surface area contributed by atoms with Gasteiger partial charge in [-0.1, -0.05) is 23.5 Å². The second-order valence-corrected chi connectivity index (χ2v) is 5.33. The summed E-state index contributed by atoms with van der Waals surface area (Å²) in [4.78, 5) is 0.955. The van der Waals surface area contributed by atoms with Crippen molar-refractivity contribution >= 4 is 26.5 Å². The lowest BCUT2D eigenvalue weighted by Gasteiger charge is -2.00. The number of hydrogen-bond donors (Lipinski definition) is 0. The lowest BCUT2D eigenvalue weighted by Crippen LogP contribution is -2.04. The SMILES string of the molecule is c1ccc2c(c1)sc1nnc(CCn3cccn3)n12. The van der Waals surface area contributed by atoms with Gasteiger partial charge in [-0.2, -0.15) is 5.10 Å². The molecular formula is C13H11N5S. The van der Waals surface area contributed by atoms with E-state index < -0.39 is 0 Å². The molecule has 0 bridgehead atoms. The highest BCUT2D eigenvalue weighted by Gasteiger charge is 2.11. The highest BCUT2D eigenvalue weighted by molar-refractivity contribution is 7.23. The summed E-state index contributed by atoms with van der Waals surface area (Å²) in [5, 5.41) is 12.8. The van der Waals surface area contributed by atoms with Gasteiger partial charge in [0.1, 0.15) is 5.82 Å². The van der Waals surface area contributed by atoms with Crippen LogP contribution in [0.1, 0.15) is 5.82 Å². The van der Waals surface area contributed by atoms with Crippen molar-refractivity contribution in [1.82, 2.24) is 24.4 Å². The molecule has 4 aromatic rings. The van der Waals surface area contributed by atoms with Crippen LogP contribution in [0.4, 0.5) is 0 Å². The second kappa shape index (κ2) is 4.17. The molecule has 0 saturated heterocycles. The molecule has 0 unspecified atom stereocenters. The molecule has 0 radical (unpaired) electrons. The summed E-state index contributed by atoms with van der Waals surface area (Å²) in [6.07, 6.45) is 4.58. The van der Waals surface area contributed by atoms with Crippen LogP contribution in [0.3, 0.4) is 0 Å². The van der Waals surface area contributed by atoms with Gasteiger partial charge in [-0.15, -0.1) is 10.2 Å². The number of benzene rings is 1. The molecule has 0 aliphatic carbocycles. The third-order valence-corrected chi connectivity index (χ3v) is 4.14. The first-order valence-electron chi connectivity index (χ1n) is 6.11. The fourth-order valence-electron chi connectivity index (χ4n) is 2.24. The van der Waals surface area contributed by atoms with Gasteiger partial charge in [0.25, 0.3) is 0 Å². The van der Waals surface area contributed by atoms with E-state index in [0.29, 0.717) is 0 Å². The van der Waals surface area contributed by atoms with Gasteiger partial charge in [-0.05, 0) is 18.2 Å². The summed E-state index contributed by atoms with van der Waals surface area (Å²) in [6, 6.07) is 10.3. The van der Waals surface area contributed by atoms with Crippen LogP contribution in [0.15, 0.2) is 42.7 Å². The van der Waals surface area contributed by atoms with E-state index >= 15 is 0 Å². The molecule has 0 atom stereocenters. The predicted octanol–water partition coefficient (Wildman–Crippen LogP) is 2.38. The van der Waals surface area contributed by atoms with E-state index in [-0.39, 0.29) is 0 Å². The Morgan fingerprint density at radius 3 is 2.95 bits per heavy atom. The van der Waals surface area contributed by atoms with Crippen LogP contribution in [0, 0.1) is 0 Å². The van der Waals surface area contributed by atoms with Crippen LogP contribution < -0.4 is 0 Å². The molecule has 5 nitrogen and oxygen atoms in total. The molecule has 0 fully saturated rings. The highest BCUT2D eigenvalue weighted by Crippen LogP contribution is 2.25. The minimum absolute atomic E-state index is 0.817. The monoisotopic (exact) mass is 269 g/mol. The summed E-state index contributed by atoms with van der Waals surface area (Å²) in [5.74, 6) is 0.989. The van der Waals surface area contributed by atoms with Gasteiger partial charge in [-0.3, -0.25) is 9.08 Å². The van der Waals surface area contributed by atoms with Gasteiger partial charge >= 0.3 is 0 Å². The van der Waals surface area contributed by atoms with Crippen LogP contribution in [0.25, 0.3) is 15.2 Å². The molecular weight excluding hydrogens is 258 g/mol. The van der Waals surface area contributed by atoms with Crippen LogP contribution in [-0.2, 0) is 13.0 Å².